The van der Waals surface area contributed by atoms with Crippen molar-refractivity contribution in [1.82, 2.24) is 10.2 Å². The Kier molecular flexibility index (Phi) is 4.86. The Morgan fingerprint density at radius 2 is 1.77 bits per heavy atom. The zero-order valence-corrected chi connectivity index (χ0v) is 15.2. The molecule has 2 aliphatic rings. The molecule has 0 aliphatic carbocycles. The minimum Gasteiger partial charge on any atom is -0.497 e. The molecule has 0 aromatic heterocycles. The van der Waals surface area contributed by atoms with Crippen molar-refractivity contribution in [3.63, 3.8) is 0 Å². The molecule has 1 saturated heterocycles. The van der Waals surface area contributed by atoms with Gasteiger partial charge in [0.25, 0.3) is 0 Å². The van der Waals surface area contributed by atoms with Crippen LogP contribution in [0.3, 0.4) is 0 Å². The summed E-state index contributed by atoms with van der Waals surface area (Å²) in [4.78, 5) is 2.47. The normalized spacial score (nSPS) is 17.8. The van der Waals surface area contributed by atoms with Crippen LogP contribution in [-0.2, 0) is 0 Å². The van der Waals surface area contributed by atoms with Crippen LogP contribution in [0.25, 0.3) is 0 Å². The summed E-state index contributed by atoms with van der Waals surface area (Å²) >= 11 is 0. The highest BCUT2D eigenvalue weighted by Gasteiger charge is 2.28. The van der Waals surface area contributed by atoms with Crippen LogP contribution in [-0.4, -0.2) is 52.1 Å². The van der Waals surface area contributed by atoms with Crippen LogP contribution in [0.15, 0.2) is 36.4 Å². The predicted octanol–water partition coefficient (Wildman–Crippen LogP) is 2.43. The molecule has 2 heterocycles. The SMILES string of the molecule is COc1ccc(C(c2ccc3c(c2)OCO3)N2CCNCC2)c(OC)c1. The van der Waals surface area contributed by atoms with Crippen LogP contribution < -0.4 is 24.3 Å². The molecule has 2 aliphatic heterocycles. The van der Waals surface area contributed by atoms with Gasteiger partial charge in [0, 0.05) is 37.8 Å². The van der Waals surface area contributed by atoms with Crippen LogP contribution >= 0.6 is 0 Å². The Balaban J connectivity index is 1.78. The lowest BCUT2D eigenvalue weighted by atomic mass is 9.95. The summed E-state index contributed by atoms with van der Waals surface area (Å²) in [5.41, 5.74) is 2.29. The van der Waals surface area contributed by atoms with E-state index in [2.05, 4.69) is 28.4 Å². The molecule has 1 N–H and O–H groups in total. The van der Waals surface area contributed by atoms with Crippen LogP contribution in [0.5, 0.6) is 23.0 Å². The number of nitrogens with one attached hydrogen (secondary N) is 1. The summed E-state index contributed by atoms with van der Waals surface area (Å²) in [6.07, 6.45) is 0. The highest BCUT2D eigenvalue weighted by Crippen LogP contribution is 2.41. The van der Waals surface area contributed by atoms with Crippen LogP contribution in [0.1, 0.15) is 17.2 Å². The van der Waals surface area contributed by atoms with Crippen molar-refractivity contribution in [2.75, 3.05) is 47.2 Å². The maximum Gasteiger partial charge on any atom is 0.231 e. The molecule has 138 valence electrons. The van der Waals surface area contributed by atoms with E-state index in [0.717, 1.165) is 54.7 Å². The number of fused-ring (bicyclic) bond motifs is 1. The standard InChI is InChI=1S/C20H24N2O4/c1-23-15-4-5-16(18(12-15)24-2)20(22-9-7-21-8-10-22)14-3-6-17-19(11-14)26-13-25-17/h3-6,11-12,20-21H,7-10,13H2,1-2H3. The number of hydrogen-bond acceptors (Lipinski definition) is 6. The van der Waals surface area contributed by atoms with E-state index in [4.69, 9.17) is 18.9 Å². The summed E-state index contributed by atoms with van der Waals surface area (Å²) in [5, 5.41) is 3.42. The average Bonchev–Trinajstić information content (AvgIpc) is 3.17. The molecule has 6 nitrogen and oxygen atoms in total. The Labute approximate surface area is 153 Å². The van der Waals surface area contributed by atoms with Gasteiger partial charge in [0.05, 0.1) is 20.3 Å². The third-order valence-electron chi connectivity index (χ3n) is 4.96. The first-order chi connectivity index (χ1) is 12.8. The second-order valence-electron chi connectivity index (χ2n) is 6.41. The Morgan fingerprint density at radius 3 is 2.54 bits per heavy atom. The molecule has 1 fully saturated rings. The minimum absolute atomic E-state index is 0.0763. The van der Waals surface area contributed by atoms with Crippen molar-refractivity contribution < 1.29 is 18.9 Å². The van der Waals surface area contributed by atoms with Gasteiger partial charge < -0.3 is 24.3 Å². The number of hydrogen-bond donors (Lipinski definition) is 1. The first-order valence-electron chi connectivity index (χ1n) is 8.86. The van der Waals surface area contributed by atoms with Crippen LogP contribution in [0, 0.1) is 0 Å². The van der Waals surface area contributed by atoms with Crippen molar-refractivity contribution in [2.45, 2.75) is 6.04 Å². The Hall–Kier alpha value is -2.44. The van der Waals surface area contributed by atoms with Gasteiger partial charge in [0.2, 0.25) is 6.79 Å². The lowest BCUT2D eigenvalue weighted by Gasteiger charge is -2.36. The quantitative estimate of drug-likeness (QED) is 0.888. The van der Waals surface area contributed by atoms with Gasteiger partial charge in [0.15, 0.2) is 11.5 Å². The number of ether oxygens (including phenoxy) is 4. The van der Waals surface area contributed by atoms with Gasteiger partial charge in [-0.05, 0) is 29.8 Å². The number of nitrogens with zero attached hydrogens (tertiary/aromatic N) is 1. The largest absolute Gasteiger partial charge is 0.497 e. The van der Waals surface area contributed by atoms with E-state index in [1.54, 1.807) is 14.2 Å². The van der Waals surface area contributed by atoms with Crippen molar-refractivity contribution in [2.24, 2.45) is 0 Å². The second kappa shape index (κ2) is 7.43. The third-order valence-corrected chi connectivity index (χ3v) is 4.96. The molecule has 1 atom stereocenters. The molecule has 26 heavy (non-hydrogen) atoms. The molecule has 6 heteroatoms. The molecule has 0 bridgehead atoms. The predicted molar refractivity (Wildman–Crippen MR) is 98.4 cm³/mol. The number of benzene rings is 2. The summed E-state index contributed by atoms with van der Waals surface area (Å²) < 4.78 is 22.1. The molecule has 2 aromatic rings. The van der Waals surface area contributed by atoms with E-state index >= 15 is 0 Å². The van der Waals surface area contributed by atoms with Crippen molar-refractivity contribution in [3.8, 4) is 23.0 Å². The van der Waals surface area contributed by atoms with Crippen molar-refractivity contribution >= 4 is 0 Å². The fourth-order valence-corrected chi connectivity index (χ4v) is 3.65. The Bertz CT molecular complexity index is 774. The average molecular weight is 356 g/mol. The van der Waals surface area contributed by atoms with E-state index in [1.165, 1.54) is 5.56 Å². The van der Waals surface area contributed by atoms with Gasteiger partial charge in [-0.2, -0.15) is 0 Å². The van der Waals surface area contributed by atoms with E-state index in [1.807, 2.05) is 18.2 Å². The van der Waals surface area contributed by atoms with E-state index in [0.29, 0.717) is 0 Å². The van der Waals surface area contributed by atoms with Gasteiger partial charge >= 0.3 is 0 Å². The first kappa shape index (κ1) is 17.0. The highest BCUT2D eigenvalue weighted by atomic mass is 16.7. The molecule has 0 amide bonds. The summed E-state index contributed by atoms with van der Waals surface area (Å²) in [7, 11) is 3.37. The number of rotatable bonds is 5. The molecular formula is C20H24N2O4. The summed E-state index contributed by atoms with van der Waals surface area (Å²) in [6.45, 7) is 4.16. The molecular weight excluding hydrogens is 332 g/mol. The molecule has 0 spiro atoms. The molecule has 4 rings (SSSR count). The van der Waals surface area contributed by atoms with Gasteiger partial charge in [-0.15, -0.1) is 0 Å². The van der Waals surface area contributed by atoms with E-state index in [-0.39, 0.29) is 12.8 Å². The summed E-state index contributed by atoms with van der Waals surface area (Å²) in [6, 6.07) is 12.3. The second-order valence-corrected chi connectivity index (χ2v) is 6.41. The van der Waals surface area contributed by atoms with Crippen LogP contribution in [0.4, 0.5) is 0 Å². The maximum atomic E-state index is 5.70. The fraction of sp³-hybridized carbons (Fsp3) is 0.400. The van der Waals surface area contributed by atoms with Crippen LogP contribution in [0.2, 0.25) is 0 Å². The molecule has 1 unspecified atom stereocenters. The van der Waals surface area contributed by atoms with Gasteiger partial charge in [0.1, 0.15) is 11.5 Å². The van der Waals surface area contributed by atoms with E-state index in [9.17, 15) is 0 Å². The Morgan fingerprint density at radius 1 is 0.962 bits per heavy atom. The zero-order chi connectivity index (χ0) is 17.9. The number of piperazine rings is 1. The minimum atomic E-state index is 0.0763. The van der Waals surface area contributed by atoms with E-state index < -0.39 is 0 Å². The van der Waals surface area contributed by atoms with Gasteiger partial charge in [-0.1, -0.05) is 6.07 Å². The van der Waals surface area contributed by atoms with Crippen molar-refractivity contribution in [1.29, 1.82) is 0 Å². The van der Waals surface area contributed by atoms with Gasteiger partial charge in [-0.25, -0.2) is 0 Å². The molecule has 2 aromatic carbocycles. The lowest BCUT2D eigenvalue weighted by molar-refractivity contribution is 0.173. The fourth-order valence-electron chi connectivity index (χ4n) is 3.65. The smallest absolute Gasteiger partial charge is 0.231 e. The van der Waals surface area contributed by atoms with Crippen molar-refractivity contribution in [3.05, 3.63) is 47.5 Å². The molecule has 0 saturated carbocycles. The topological polar surface area (TPSA) is 52.2 Å². The lowest BCUT2D eigenvalue weighted by Crippen LogP contribution is -2.45. The first-order valence-corrected chi connectivity index (χ1v) is 8.86. The van der Waals surface area contributed by atoms with Gasteiger partial charge in [-0.3, -0.25) is 4.90 Å². The maximum absolute atomic E-state index is 5.70. The highest BCUT2D eigenvalue weighted by molar-refractivity contribution is 5.50. The molecule has 0 radical (unpaired) electrons. The zero-order valence-electron chi connectivity index (χ0n) is 15.2. The summed E-state index contributed by atoms with van der Waals surface area (Å²) in [5.74, 6) is 3.21. The number of methoxy groups -OCH3 is 2. The third kappa shape index (κ3) is 3.18. The monoisotopic (exact) mass is 356 g/mol.